The first-order valence-electron chi connectivity index (χ1n) is 10.3. The van der Waals surface area contributed by atoms with Gasteiger partial charge in [0.2, 0.25) is 11.8 Å². The van der Waals surface area contributed by atoms with E-state index in [-0.39, 0.29) is 29.6 Å². The molecular weight excluding hydrogens is 362 g/mol. The van der Waals surface area contributed by atoms with E-state index in [9.17, 15) is 9.59 Å². The van der Waals surface area contributed by atoms with Crippen LogP contribution in [0.25, 0.3) is 0 Å². The lowest BCUT2D eigenvalue weighted by Gasteiger charge is -2.22. The Morgan fingerprint density at radius 2 is 1.76 bits per heavy atom. The van der Waals surface area contributed by atoms with Crippen molar-refractivity contribution in [1.29, 1.82) is 0 Å². The number of carbonyl (C=O) groups excluding carboxylic acids is 2. The van der Waals surface area contributed by atoms with E-state index in [1.807, 2.05) is 44.2 Å². The molecule has 29 heavy (non-hydrogen) atoms. The predicted molar refractivity (Wildman–Crippen MR) is 114 cm³/mol. The summed E-state index contributed by atoms with van der Waals surface area (Å²) in [5.74, 6) is 1.30. The summed E-state index contributed by atoms with van der Waals surface area (Å²) in [6.45, 7) is 8.33. The first-order chi connectivity index (χ1) is 13.9. The van der Waals surface area contributed by atoms with E-state index in [2.05, 4.69) is 26.0 Å². The number of hydrogen-bond donors (Lipinski definition) is 0. The quantitative estimate of drug-likeness (QED) is 0.504. The molecule has 1 fully saturated rings. The molecule has 1 aliphatic carbocycles. The molecule has 4 rings (SSSR count). The summed E-state index contributed by atoms with van der Waals surface area (Å²) in [6, 6.07) is 13.5. The van der Waals surface area contributed by atoms with E-state index in [1.54, 1.807) is 12.1 Å². The van der Waals surface area contributed by atoms with Gasteiger partial charge in [-0.15, -0.1) is 0 Å². The lowest BCUT2D eigenvalue weighted by atomic mass is 9.78. The maximum absolute atomic E-state index is 12.9. The number of nitrogens with zero attached hydrogens (tertiary/aromatic N) is 1. The molecule has 0 saturated carbocycles. The van der Waals surface area contributed by atoms with Gasteiger partial charge in [0.1, 0.15) is 11.5 Å². The molecule has 0 unspecified atom stereocenters. The van der Waals surface area contributed by atoms with Crippen LogP contribution in [0.2, 0.25) is 0 Å². The number of rotatable bonds is 4. The third kappa shape index (κ3) is 3.48. The van der Waals surface area contributed by atoms with Crippen LogP contribution in [-0.4, -0.2) is 11.8 Å². The Morgan fingerprint density at radius 3 is 2.41 bits per heavy atom. The molecule has 2 amide bonds. The first-order valence-corrected chi connectivity index (χ1v) is 10.3. The summed E-state index contributed by atoms with van der Waals surface area (Å²) in [5, 5.41) is 0. The lowest BCUT2D eigenvalue weighted by Crippen LogP contribution is -2.31. The van der Waals surface area contributed by atoms with Crippen molar-refractivity contribution in [3.05, 3.63) is 65.7 Å². The summed E-state index contributed by atoms with van der Waals surface area (Å²) in [6.07, 6.45) is 4.70. The Balaban J connectivity index is 1.57. The minimum atomic E-state index is -0.246. The van der Waals surface area contributed by atoms with Gasteiger partial charge in [-0.1, -0.05) is 45.1 Å². The van der Waals surface area contributed by atoms with Crippen molar-refractivity contribution in [2.24, 2.45) is 17.8 Å². The highest BCUT2D eigenvalue weighted by Crippen LogP contribution is 2.41. The normalized spacial score (nSPS) is 23.6. The van der Waals surface area contributed by atoms with Crippen molar-refractivity contribution < 1.29 is 14.3 Å². The van der Waals surface area contributed by atoms with Gasteiger partial charge < -0.3 is 4.74 Å². The monoisotopic (exact) mass is 389 g/mol. The Labute approximate surface area is 172 Å². The van der Waals surface area contributed by atoms with Crippen molar-refractivity contribution >= 4 is 17.5 Å². The molecule has 0 N–H and O–H groups in total. The Bertz CT molecular complexity index is 974. The van der Waals surface area contributed by atoms with Crippen molar-refractivity contribution in [2.45, 2.75) is 40.0 Å². The Hall–Kier alpha value is -2.88. The van der Waals surface area contributed by atoms with Gasteiger partial charge in [0, 0.05) is 0 Å². The zero-order valence-electron chi connectivity index (χ0n) is 17.4. The fraction of sp³-hybridized carbons (Fsp3) is 0.360. The molecule has 0 radical (unpaired) electrons. The van der Waals surface area contributed by atoms with Crippen LogP contribution in [0.15, 0.2) is 54.6 Å². The molecular formula is C25H27NO3. The second-order valence-corrected chi connectivity index (χ2v) is 8.46. The second-order valence-electron chi connectivity index (χ2n) is 8.46. The summed E-state index contributed by atoms with van der Waals surface area (Å²) in [4.78, 5) is 27.2. The first kappa shape index (κ1) is 19.4. The van der Waals surface area contributed by atoms with Crippen LogP contribution < -0.4 is 9.64 Å². The number of imide groups is 1. The fourth-order valence-electron chi connectivity index (χ4n) is 4.40. The van der Waals surface area contributed by atoms with Crippen molar-refractivity contribution in [2.75, 3.05) is 4.90 Å². The number of ether oxygens (including phenoxy) is 1. The molecule has 2 aromatic carbocycles. The standard InChI is InChI=1S/C25H27NO3/c1-15(2)20-13-8-16(3)14-22(20)29-19-11-9-18(10-12-19)26-24(27)21-7-5-6-17(4)23(21)25(26)28/h5-6,8-15,17,21,23H,7H2,1-4H3/t17-,21+,23-/m0/s1. The minimum Gasteiger partial charge on any atom is -0.457 e. The van der Waals surface area contributed by atoms with Crippen molar-refractivity contribution in [3.63, 3.8) is 0 Å². The molecule has 2 aliphatic rings. The van der Waals surface area contributed by atoms with E-state index in [0.29, 0.717) is 23.8 Å². The molecule has 0 spiro atoms. The Kier molecular flexibility index (Phi) is 5.03. The largest absolute Gasteiger partial charge is 0.457 e. The summed E-state index contributed by atoms with van der Waals surface area (Å²) in [5.41, 5.74) is 2.90. The van der Waals surface area contributed by atoms with Gasteiger partial charge in [-0.05, 0) is 66.6 Å². The number of fused-ring (bicyclic) bond motifs is 1. The van der Waals surface area contributed by atoms with E-state index in [4.69, 9.17) is 4.74 Å². The molecule has 0 aromatic heterocycles. The van der Waals surface area contributed by atoms with Crippen LogP contribution in [0, 0.1) is 24.7 Å². The Morgan fingerprint density at radius 1 is 1.03 bits per heavy atom. The van der Waals surface area contributed by atoms with Crippen LogP contribution in [-0.2, 0) is 9.59 Å². The summed E-state index contributed by atoms with van der Waals surface area (Å²) < 4.78 is 6.14. The third-order valence-corrected chi connectivity index (χ3v) is 5.99. The molecule has 1 heterocycles. The van der Waals surface area contributed by atoms with Crippen LogP contribution >= 0.6 is 0 Å². The van der Waals surface area contributed by atoms with Gasteiger partial charge >= 0.3 is 0 Å². The van der Waals surface area contributed by atoms with Gasteiger partial charge in [-0.3, -0.25) is 14.5 Å². The highest BCUT2D eigenvalue weighted by molar-refractivity contribution is 6.22. The number of benzene rings is 2. The van der Waals surface area contributed by atoms with Crippen molar-refractivity contribution in [3.8, 4) is 11.5 Å². The zero-order chi connectivity index (χ0) is 20.7. The van der Waals surface area contributed by atoms with E-state index >= 15 is 0 Å². The smallest absolute Gasteiger partial charge is 0.238 e. The number of allylic oxidation sites excluding steroid dienone is 2. The lowest BCUT2D eigenvalue weighted by molar-refractivity contribution is -0.122. The van der Waals surface area contributed by atoms with Gasteiger partial charge in [-0.2, -0.15) is 0 Å². The van der Waals surface area contributed by atoms with Crippen LogP contribution in [0.5, 0.6) is 11.5 Å². The predicted octanol–water partition coefficient (Wildman–Crippen LogP) is 5.61. The van der Waals surface area contributed by atoms with Gasteiger partial charge in [0.25, 0.3) is 0 Å². The van der Waals surface area contributed by atoms with E-state index in [1.165, 1.54) is 4.90 Å². The average molecular weight is 389 g/mol. The molecule has 4 nitrogen and oxygen atoms in total. The summed E-state index contributed by atoms with van der Waals surface area (Å²) >= 11 is 0. The highest BCUT2D eigenvalue weighted by atomic mass is 16.5. The van der Waals surface area contributed by atoms with Crippen LogP contribution in [0.1, 0.15) is 44.2 Å². The van der Waals surface area contributed by atoms with Gasteiger partial charge in [-0.25, -0.2) is 0 Å². The number of carbonyl (C=O) groups is 2. The highest BCUT2D eigenvalue weighted by Gasteiger charge is 2.50. The van der Waals surface area contributed by atoms with E-state index < -0.39 is 0 Å². The number of hydrogen-bond acceptors (Lipinski definition) is 3. The maximum Gasteiger partial charge on any atom is 0.238 e. The third-order valence-electron chi connectivity index (χ3n) is 5.99. The van der Waals surface area contributed by atoms with Gasteiger partial charge in [0.15, 0.2) is 0 Å². The number of anilines is 1. The number of aryl methyl sites for hydroxylation is 1. The van der Waals surface area contributed by atoms with Crippen LogP contribution in [0.3, 0.4) is 0 Å². The zero-order valence-corrected chi connectivity index (χ0v) is 17.4. The minimum absolute atomic E-state index is 0.0913. The van der Waals surface area contributed by atoms with Gasteiger partial charge in [0.05, 0.1) is 17.5 Å². The summed E-state index contributed by atoms with van der Waals surface area (Å²) in [7, 11) is 0. The molecule has 2 aromatic rings. The molecule has 1 saturated heterocycles. The SMILES string of the molecule is Cc1ccc(C(C)C)c(Oc2ccc(N3C(=O)[C@H]4[C@@H](C)C=CC[C@H]4C3=O)cc2)c1. The fourth-order valence-corrected chi connectivity index (χ4v) is 4.40. The van der Waals surface area contributed by atoms with E-state index in [0.717, 1.165) is 16.9 Å². The maximum atomic E-state index is 12.9. The van der Waals surface area contributed by atoms with Crippen molar-refractivity contribution in [1.82, 2.24) is 0 Å². The van der Waals surface area contributed by atoms with Crippen LogP contribution in [0.4, 0.5) is 5.69 Å². The molecule has 0 bridgehead atoms. The molecule has 150 valence electrons. The molecule has 4 heteroatoms. The molecule has 1 aliphatic heterocycles. The molecule has 3 atom stereocenters. The second kappa shape index (κ2) is 7.51. The average Bonchev–Trinajstić information content (AvgIpc) is 2.94. The topological polar surface area (TPSA) is 46.6 Å². The number of amides is 2.